The number of aliphatic imine (C=N–C) groups is 1. The van der Waals surface area contributed by atoms with E-state index >= 15 is 0 Å². The first-order valence-electron chi connectivity index (χ1n) is 10.5. The molecule has 30 heavy (non-hydrogen) atoms. The molecule has 2 aromatic rings. The summed E-state index contributed by atoms with van der Waals surface area (Å²) >= 11 is 0. The van der Waals surface area contributed by atoms with E-state index < -0.39 is 0 Å². The van der Waals surface area contributed by atoms with Crippen LogP contribution in [-0.2, 0) is 29.7 Å². The Bertz CT molecular complexity index is 859. The zero-order valence-electron chi connectivity index (χ0n) is 18.3. The second kappa shape index (κ2) is 10.2. The minimum Gasteiger partial charge on any atom is -0.374 e. The van der Waals surface area contributed by atoms with Gasteiger partial charge in [-0.15, -0.1) is 0 Å². The Hall–Kier alpha value is -2.87. The average molecular weight is 413 g/mol. The lowest BCUT2D eigenvalue weighted by Crippen LogP contribution is -2.55. The molecule has 0 radical (unpaired) electrons. The van der Waals surface area contributed by atoms with Crippen LogP contribution in [0.2, 0.25) is 0 Å². The molecular formula is C22H32N6O2. The molecule has 1 N–H and O–H groups in total. The Labute approximate surface area is 178 Å². The molecule has 1 aliphatic heterocycles. The van der Waals surface area contributed by atoms with E-state index in [2.05, 4.69) is 34.7 Å². The second-order valence-electron chi connectivity index (χ2n) is 7.69. The highest BCUT2D eigenvalue weighted by Crippen LogP contribution is 2.16. The maximum atomic E-state index is 12.7. The molecule has 0 bridgehead atoms. The van der Waals surface area contributed by atoms with Gasteiger partial charge in [-0.1, -0.05) is 24.3 Å². The van der Waals surface area contributed by atoms with Crippen molar-refractivity contribution in [2.75, 3.05) is 31.1 Å². The van der Waals surface area contributed by atoms with Crippen LogP contribution in [0.15, 0.2) is 41.7 Å². The molecule has 0 saturated carbocycles. The maximum absolute atomic E-state index is 12.7. The van der Waals surface area contributed by atoms with Crippen molar-refractivity contribution in [3.05, 3.63) is 47.8 Å². The summed E-state index contributed by atoms with van der Waals surface area (Å²) in [5.41, 5.74) is 3.12. The lowest BCUT2D eigenvalue weighted by molar-refractivity contribution is -0.120. The first-order valence-corrected chi connectivity index (χ1v) is 10.5. The van der Waals surface area contributed by atoms with Crippen molar-refractivity contribution in [1.82, 2.24) is 20.0 Å². The number of anilines is 1. The maximum Gasteiger partial charge on any atom is 0.246 e. The normalized spacial score (nSPS) is 15.2. The number of guanidine groups is 1. The molecule has 1 aliphatic rings. The van der Waals surface area contributed by atoms with Gasteiger partial charge in [-0.3, -0.25) is 9.48 Å². The Morgan fingerprint density at radius 1 is 1.23 bits per heavy atom. The first-order chi connectivity index (χ1) is 14.5. The summed E-state index contributed by atoms with van der Waals surface area (Å²) in [6.07, 6.45) is 3.81. The van der Waals surface area contributed by atoms with E-state index in [4.69, 9.17) is 9.73 Å². The van der Waals surface area contributed by atoms with Gasteiger partial charge in [0.2, 0.25) is 5.91 Å². The molecule has 0 atom stereocenters. The van der Waals surface area contributed by atoms with Crippen molar-refractivity contribution in [2.24, 2.45) is 12.0 Å². The van der Waals surface area contributed by atoms with E-state index in [1.807, 2.05) is 38.9 Å². The minimum atomic E-state index is 0.0503. The van der Waals surface area contributed by atoms with Crippen LogP contribution in [0.5, 0.6) is 0 Å². The second-order valence-corrected chi connectivity index (χ2v) is 7.69. The van der Waals surface area contributed by atoms with E-state index in [1.165, 1.54) is 0 Å². The van der Waals surface area contributed by atoms with Crippen LogP contribution in [-0.4, -0.2) is 58.8 Å². The third kappa shape index (κ3) is 5.82. The van der Waals surface area contributed by atoms with Gasteiger partial charge in [0, 0.05) is 32.9 Å². The Morgan fingerprint density at radius 2 is 1.97 bits per heavy atom. The third-order valence-corrected chi connectivity index (χ3v) is 4.88. The summed E-state index contributed by atoms with van der Waals surface area (Å²) in [5.74, 6) is 0.818. The topological polar surface area (TPSA) is 75.0 Å². The standard InChI is InChI=1S/C22H32N6O2/c1-5-23-22(24-12-18-6-8-19(9-7-18)16-30-17(2)3)27-10-11-28(21(29)15-27)20-13-25-26(4)14-20/h6-9,13-14,17H,5,10-12,15-16H2,1-4H3,(H,23,24). The van der Waals surface area contributed by atoms with E-state index in [0.717, 1.165) is 35.9 Å². The summed E-state index contributed by atoms with van der Waals surface area (Å²) in [6.45, 7) is 9.66. The SMILES string of the molecule is CCNC(=NCc1ccc(COC(C)C)cc1)N1CCN(c2cnn(C)c2)C(=O)C1. The molecule has 1 aromatic carbocycles. The Balaban J connectivity index is 1.61. The van der Waals surface area contributed by atoms with E-state index in [1.54, 1.807) is 15.8 Å². The van der Waals surface area contributed by atoms with E-state index in [9.17, 15) is 4.79 Å². The number of nitrogens with zero attached hydrogens (tertiary/aromatic N) is 5. The van der Waals surface area contributed by atoms with Crippen molar-refractivity contribution in [3.8, 4) is 0 Å². The van der Waals surface area contributed by atoms with Crippen LogP contribution in [0, 0.1) is 0 Å². The third-order valence-electron chi connectivity index (χ3n) is 4.88. The smallest absolute Gasteiger partial charge is 0.246 e. The van der Waals surface area contributed by atoms with Crippen LogP contribution in [0.4, 0.5) is 5.69 Å². The van der Waals surface area contributed by atoms with E-state index in [-0.39, 0.29) is 12.0 Å². The van der Waals surface area contributed by atoms with Gasteiger partial charge in [0.25, 0.3) is 0 Å². The number of aryl methyl sites for hydroxylation is 1. The molecule has 8 heteroatoms. The van der Waals surface area contributed by atoms with Crippen molar-refractivity contribution >= 4 is 17.6 Å². The molecule has 3 rings (SSSR count). The predicted molar refractivity (Wildman–Crippen MR) is 118 cm³/mol. The molecule has 1 fully saturated rings. The van der Waals surface area contributed by atoms with Gasteiger partial charge in [0.1, 0.15) is 6.54 Å². The van der Waals surface area contributed by atoms with Crippen LogP contribution in [0.1, 0.15) is 31.9 Å². The van der Waals surface area contributed by atoms with Crippen molar-refractivity contribution < 1.29 is 9.53 Å². The van der Waals surface area contributed by atoms with Crippen molar-refractivity contribution in [3.63, 3.8) is 0 Å². The molecule has 0 aliphatic carbocycles. The summed E-state index contributed by atoms with van der Waals surface area (Å²) in [4.78, 5) is 21.3. The monoisotopic (exact) mass is 412 g/mol. The van der Waals surface area contributed by atoms with E-state index in [0.29, 0.717) is 26.2 Å². The summed E-state index contributed by atoms with van der Waals surface area (Å²) in [5, 5.41) is 7.48. The highest BCUT2D eigenvalue weighted by atomic mass is 16.5. The number of benzene rings is 1. The average Bonchev–Trinajstić information content (AvgIpc) is 3.16. The van der Waals surface area contributed by atoms with Crippen LogP contribution in [0.3, 0.4) is 0 Å². The number of amides is 1. The van der Waals surface area contributed by atoms with Gasteiger partial charge in [-0.25, -0.2) is 4.99 Å². The molecule has 1 amide bonds. The number of ether oxygens (including phenoxy) is 1. The van der Waals surface area contributed by atoms with Crippen molar-refractivity contribution in [2.45, 2.75) is 40.0 Å². The highest BCUT2D eigenvalue weighted by Gasteiger charge is 2.27. The molecule has 0 spiro atoms. The lowest BCUT2D eigenvalue weighted by Gasteiger charge is -2.35. The number of nitrogens with one attached hydrogen (secondary N) is 1. The molecular weight excluding hydrogens is 380 g/mol. The largest absolute Gasteiger partial charge is 0.374 e. The molecule has 1 aromatic heterocycles. The molecule has 0 unspecified atom stereocenters. The molecule has 1 saturated heterocycles. The van der Waals surface area contributed by atoms with Crippen molar-refractivity contribution in [1.29, 1.82) is 0 Å². The summed E-state index contributed by atoms with van der Waals surface area (Å²) in [7, 11) is 1.85. The minimum absolute atomic E-state index is 0.0503. The lowest BCUT2D eigenvalue weighted by atomic mass is 10.1. The van der Waals surface area contributed by atoms with Gasteiger partial charge in [0.05, 0.1) is 31.1 Å². The van der Waals surface area contributed by atoms with Crippen LogP contribution >= 0.6 is 0 Å². The number of piperazine rings is 1. The number of carbonyl (C=O) groups is 1. The van der Waals surface area contributed by atoms with Gasteiger partial charge in [0.15, 0.2) is 5.96 Å². The van der Waals surface area contributed by atoms with Crippen LogP contribution in [0.25, 0.3) is 0 Å². The fraction of sp³-hybridized carbons (Fsp3) is 0.500. The fourth-order valence-electron chi connectivity index (χ4n) is 3.27. The Kier molecular flexibility index (Phi) is 7.46. The number of carbonyl (C=O) groups excluding carboxylic acids is 1. The number of aromatic nitrogens is 2. The van der Waals surface area contributed by atoms with Crippen LogP contribution < -0.4 is 10.2 Å². The van der Waals surface area contributed by atoms with Gasteiger partial charge in [-0.05, 0) is 31.9 Å². The van der Waals surface area contributed by atoms with Gasteiger partial charge >= 0.3 is 0 Å². The van der Waals surface area contributed by atoms with Gasteiger partial charge in [-0.2, -0.15) is 5.10 Å². The fourth-order valence-corrected chi connectivity index (χ4v) is 3.27. The molecule has 2 heterocycles. The van der Waals surface area contributed by atoms with Gasteiger partial charge < -0.3 is 19.9 Å². The number of hydrogen-bond donors (Lipinski definition) is 1. The highest BCUT2D eigenvalue weighted by molar-refractivity contribution is 5.98. The zero-order chi connectivity index (χ0) is 21.5. The summed E-state index contributed by atoms with van der Waals surface area (Å²) in [6, 6.07) is 8.32. The molecule has 162 valence electrons. The predicted octanol–water partition coefficient (Wildman–Crippen LogP) is 2.16. The summed E-state index contributed by atoms with van der Waals surface area (Å²) < 4.78 is 7.35. The zero-order valence-corrected chi connectivity index (χ0v) is 18.3. The number of hydrogen-bond acceptors (Lipinski definition) is 4. The first kappa shape index (κ1) is 21.8. The Morgan fingerprint density at radius 3 is 2.57 bits per heavy atom. The quantitative estimate of drug-likeness (QED) is 0.557. The number of rotatable bonds is 7. The molecule has 8 nitrogen and oxygen atoms in total.